The Kier molecular flexibility index (Phi) is 7.15. The highest BCUT2D eigenvalue weighted by Gasteiger charge is 2.31. The van der Waals surface area contributed by atoms with E-state index < -0.39 is 18.4 Å². The maximum Gasteiger partial charge on any atom is 0.573 e. The van der Waals surface area contributed by atoms with Gasteiger partial charge in [-0.25, -0.2) is 14.8 Å². The number of aromatic carboxylic acids is 1. The standard InChI is InChI=1S/C23H18ClF3N4O5/c24-19-16(21(33)34)7-13(8-18(19)35-17-4-5-28-20(17)32)14-10-30-22(31-11-14)29-9-12-2-1-3-15(6-12)36-23(25,26)27/h1-3,6-8,10-11,17H,4-5,9H2,(H,28,32)(H,33,34)(H,29,30,31). The fraction of sp³-hybridized carbons (Fsp3) is 0.217. The molecule has 0 radical (unpaired) electrons. The van der Waals surface area contributed by atoms with Gasteiger partial charge in [0, 0.05) is 37.5 Å². The Balaban J connectivity index is 1.50. The molecule has 1 aliphatic rings. The zero-order chi connectivity index (χ0) is 25.9. The van der Waals surface area contributed by atoms with Crippen LogP contribution in [0, 0.1) is 0 Å². The Labute approximate surface area is 207 Å². The van der Waals surface area contributed by atoms with Crippen LogP contribution in [0.4, 0.5) is 19.1 Å². The molecule has 2 heterocycles. The third-order valence-electron chi connectivity index (χ3n) is 5.10. The number of amides is 1. The van der Waals surface area contributed by atoms with Crippen LogP contribution in [0.2, 0.25) is 5.02 Å². The van der Waals surface area contributed by atoms with Gasteiger partial charge in [0.2, 0.25) is 5.95 Å². The quantitative estimate of drug-likeness (QED) is 0.401. The molecule has 1 atom stereocenters. The summed E-state index contributed by atoms with van der Waals surface area (Å²) in [5.74, 6) is -1.71. The second-order valence-corrected chi connectivity index (χ2v) is 8.05. The number of carboxylic acids is 1. The summed E-state index contributed by atoms with van der Waals surface area (Å²) in [5, 5.41) is 14.9. The number of hydrogen-bond donors (Lipinski definition) is 3. The van der Waals surface area contributed by atoms with E-state index in [0.29, 0.717) is 29.7 Å². The van der Waals surface area contributed by atoms with Gasteiger partial charge in [0.25, 0.3) is 5.91 Å². The van der Waals surface area contributed by atoms with Crippen LogP contribution >= 0.6 is 11.6 Å². The smallest absolute Gasteiger partial charge is 0.479 e. The second-order valence-electron chi connectivity index (χ2n) is 7.67. The molecule has 3 aromatic rings. The van der Waals surface area contributed by atoms with Crippen LogP contribution < -0.4 is 20.1 Å². The molecule has 36 heavy (non-hydrogen) atoms. The van der Waals surface area contributed by atoms with E-state index in [0.717, 1.165) is 0 Å². The van der Waals surface area contributed by atoms with Crippen LogP contribution in [0.15, 0.2) is 48.8 Å². The van der Waals surface area contributed by atoms with Gasteiger partial charge >= 0.3 is 12.3 Å². The van der Waals surface area contributed by atoms with Crippen molar-refractivity contribution in [1.82, 2.24) is 15.3 Å². The van der Waals surface area contributed by atoms with E-state index >= 15 is 0 Å². The molecule has 0 bridgehead atoms. The Morgan fingerprint density at radius 2 is 1.94 bits per heavy atom. The summed E-state index contributed by atoms with van der Waals surface area (Å²) in [5.41, 5.74) is 1.13. The average molecular weight is 523 g/mol. The van der Waals surface area contributed by atoms with Gasteiger partial charge in [0.05, 0.1) is 10.6 Å². The lowest BCUT2D eigenvalue weighted by Crippen LogP contribution is -2.27. The topological polar surface area (TPSA) is 123 Å². The van der Waals surface area contributed by atoms with E-state index in [1.165, 1.54) is 42.7 Å². The molecule has 9 nitrogen and oxygen atoms in total. The molecule has 1 amide bonds. The lowest BCUT2D eigenvalue weighted by molar-refractivity contribution is -0.274. The van der Waals surface area contributed by atoms with Gasteiger partial charge in [-0.2, -0.15) is 0 Å². The van der Waals surface area contributed by atoms with Gasteiger partial charge in [0.15, 0.2) is 6.10 Å². The molecule has 1 fully saturated rings. The van der Waals surface area contributed by atoms with Crippen molar-refractivity contribution in [2.45, 2.75) is 25.4 Å². The number of rotatable bonds is 8. The van der Waals surface area contributed by atoms with Crippen molar-refractivity contribution >= 4 is 29.4 Å². The highest BCUT2D eigenvalue weighted by molar-refractivity contribution is 6.35. The van der Waals surface area contributed by atoms with Crippen LogP contribution in [-0.4, -0.2) is 46.0 Å². The molecule has 1 aliphatic heterocycles. The van der Waals surface area contributed by atoms with Gasteiger partial charge in [-0.15, -0.1) is 13.2 Å². The molecule has 13 heteroatoms. The van der Waals surface area contributed by atoms with Gasteiger partial charge < -0.3 is 25.2 Å². The van der Waals surface area contributed by atoms with E-state index in [-0.39, 0.29) is 40.5 Å². The number of carbonyl (C=O) groups is 2. The van der Waals surface area contributed by atoms with Crippen molar-refractivity contribution in [2.24, 2.45) is 0 Å². The number of nitrogens with one attached hydrogen (secondary N) is 2. The van der Waals surface area contributed by atoms with Gasteiger partial charge in [-0.05, 0) is 35.4 Å². The van der Waals surface area contributed by atoms with Crippen LogP contribution in [0.25, 0.3) is 11.1 Å². The molecule has 0 aliphatic carbocycles. The van der Waals surface area contributed by atoms with E-state index in [1.54, 1.807) is 6.07 Å². The first-order chi connectivity index (χ1) is 17.1. The molecule has 0 saturated carbocycles. The number of aromatic nitrogens is 2. The number of nitrogens with zero attached hydrogens (tertiary/aromatic N) is 2. The molecule has 3 N–H and O–H groups in total. The fourth-order valence-corrected chi connectivity index (χ4v) is 3.68. The van der Waals surface area contributed by atoms with Crippen LogP contribution in [0.5, 0.6) is 11.5 Å². The molecule has 1 saturated heterocycles. The van der Waals surface area contributed by atoms with Crippen LogP contribution in [0.1, 0.15) is 22.3 Å². The maximum absolute atomic E-state index is 12.4. The summed E-state index contributed by atoms with van der Waals surface area (Å²) in [7, 11) is 0. The van der Waals surface area contributed by atoms with Crippen molar-refractivity contribution in [3.8, 4) is 22.6 Å². The molecule has 1 aromatic heterocycles. The van der Waals surface area contributed by atoms with E-state index in [9.17, 15) is 27.9 Å². The minimum atomic E-state index is -4.79. The van der Waals surface area contributed by atoms with Crippen molar-refractivity contribution in [1.29, 1.82) is 0 Å². The molecule has 4 rings (SSSR count). The van der Waals surface area contributed by atoms with E-state index in [4.69, 9.17) is 16.3 Å². The van der Waals surface area contributed by atoms with Crippen LogP contribution in [0.3, 0.4) is 0 Å². The fourth-order valence-electron chi connectivity index (χ4n) is 3.45. The monoisotopic (exact) mass is 522 g/mol. The predicted molar refractivity (Wildman–Crippen MR) is 122 cm³/mol. The first kappa shape index (κ1) is 25.0. The Morgan fingerprint density at radius 1 is 1.19 bits per heavy atom. The van der Waals surface area contributed by atoms with E-state index in [2.05, 4.69) is 25.3 Å². The first-order valence-corrected chi connectivity index (χ1v) is 10.9. The number of carbonyl (C=O) groups excluding carboxylic acids is 1. The van der Waals surface area contributed by atoms with Crippen molar-refractivity contribution < 1.29 is 37.3 Å². The third-order valence-corrected chi connectivity index (χ3v) is 5.49. The average Bonchev–Trinajstić information content (AvgIpc) is 3.22. The zero-order valence-corrected chi connectivity index (χ0v) is 19.1. The predicted octanol–water partition coefficient (Wildman–Crippen LogP) is 4.27. The van der Waals surface area contributed by atoms with Gasteiger partial charge in [-0.3, -0.25) is 4.79 Å². The molecule has 2 aromatic carbocycles. The molecule has 1 unspecified atom stereocenters. The summed E-state index contributed by atoms with van der Waals surface area (Å²) in [4.78, 5) is 31.9. The molecular formula is C23H18ClF3N4O5. The Hall–Kier alpha value is -4.06. The van der Waals surface area contributed by atoms with Crippen molar-refractivity contribution in [2.75, 3.05) is 11.9 Å². The van der Waals surface area contributed by atoms with Crippen LogP contribution in [-0.2, 0) is 11.3 Å². The van der Waals surface area contributed by atoms with E-state index in [1.807, 2.05) is 0 Å². The van der Waals surface area contributed by atoms with Crippen molar-refractivity contribution in [3.05, 3.63) is 64.9 Å². The number of ether oxygens (including phenoxy) is 2. The maximum atomic E-state index is 12.4. The minimum Gasteiger partial charge on any atom is -0.479 e. The lowest BCUT2D eigenvalue weighted by atomic mass is 10.0. The number of alkyl halides is 3. The van der Waals surface area contributed by atoms with Gasteiger partial charge in [-0.1, -0.05) is 23.7 Å². The summed E-state index contributed by atoms with van der Waals surface area (Å²) in [6.45, 7) is 0.564. The minimum absolute atomic E-state index is 0.0387. The SMILES string of the molecule is O=C(O)c1cc(-c2cnc(NCc3cccc(OC(F)(F)F)c3)nc2)cc(OC2CCNC2=O)c1Cl. The Bertz CT molecular complexity index is 1290. The lowest BCUT2D eigenvalue weighted by Gasteiger charge is -2.15. The number of hydrogen-bond acceptors (Lipinski definition) is 7. The summed E-state index contributed by atoms with van der Waals surface area (Å²) in [6.07, 6.45) is -2.31. The number of halogens is 4. The molecule has 0 spiro atoms. The molecule has 188 valence electrons. The normalized spacial score (nSPS) is 15.3. The molecular weight excluding hydrogens is 505 g/mol. The summed E-state index contributed by atoms with van der Waals surface area (Å²) < 4.78 is 46.8. The van der Waals surface area contributed by atoms with Crippen molar-refractivity contribution in [3.63, 3.8) is 0 Å². The third kappa shape index (κ3) is 6.13. The summed E-state index contributed by atoms with van der Waals surface area (Å²) >= 11 is 6.21. The first-order valence-electron chi connectivity index (χ1n) is 10.5. The zero-order valence-electron chi connectivity index (χ0n) is 18.3. The summed E-state index contributed by atoms with van der Waals surface area (Å²) in [6, 6.07) is 8.30. The number of benzene rings is 2. The Morgan fingerprint density at radius 3 is 2.58 bits per heavy atom. The number of carboxylic acid groups (broad SMARTS) is 1. The highest BCUT2D eigenvalue weighted by atomic mass is 35.5. The number of anilines is 1. The van der Waals surface area contributed by atoms with Gasteiger partial charge in [0.1, 0.15) is 11.5 Å². The second kappa shape index (κ2) is 10.3. The highest BCUT2D eigenvalue weighted by Crippen LogP contribution is 2.35. The largest absolute Gasteiger partial charge is 0.573 e.